The highest BCUT2D eigenvalue weighted by molar-refractivity contribution is 5.79. The van der Waals surface area contributed by atoms with Gasteiger partial charge in [-0.3, -0.25) is 4.40 Å². The fourth-order valence-electron chi connectivity index (χ4n) is 1.46. The smallest absolute Gasteiger partial charge is 0.255 e. The molecule has 5 heteroatoms. The molecule has 0 saturated carbocycles. The number of halogens is 1. The molecule has 0 aliphatic carbocycles. The molecule has 0 amide bonds. The van der Waals surface area contributed by atoms with Crippen LogP contribution < -0.4 is 0 Å². The van der Waals surface area contributed by atoms with Crippen LogP contribution in [0.25, 0.3) is 16.7 Å². The Morgan fingerprint density at radius 2 is 2.21 bits per heavy atom. The molecule has 4 nitrogen and oxygen atoms in total. The largest absolute Gasteiger partial charge is 0.265 e. The first-order chi connectivity index (χ1) is 6.84. The average Bonchev–Trinajstić information content (AvgIpc) is 2.65. The maximum Gasteiger partial charge on any atom is 0.255 e. The summed E-state index contributed by atoms with van der Waals surface area (Å²) in [5.41, 5.74) is 0.849. The molecule has 0 N–H and O–H groups in total. The van der Waals surface area contributed by atoms with Crippen molar-refractivity contribution in [1.29, 1.82) is 0 Å². The van der Waals surface area contributed by atoms with Gasteiger partial charge in [0.25, 0.3) is 5.78 Å². The van der Waals surface area contributed by atoms with E-state index in [0.717, 1.165) is 10.9 Å². The van der Waals surface area contributed by atoms with Crippen molar-refractivity contribution in [2.24, 2.45) is 0 Å². The highest BCUT2D eigenvalue weighted by Gasteiger charge is 2.02. The lowest BCUT2D eigenvalue weighted by molar-refractivity contribution is 0.629. The fourth-order valence-corrected chi connectivity index (χ4v) is 1.46. The molecule has 0 unspecified atom stereocenters. The van der Waals surface area contributed by atoms with Crippen molar-refractivity contribution in [2.75, 3.05) is 0 Å². The van der Waals surface area contributed by atoms with Crippen LogP contribution in [0.1, 0.15) is 0 Å². The van der Waals surface area contributed by atoms with Gasteiger partial charge in [0.1, 0.15) is 12.1 Å². The molecule has 0 spiro atoms. The molecular weight excluding hydrogens is 183 g/mol. The summed E-state index contributed by atoms with van der Waals surface area (Å²) in [4.78, 5) is 4.03. The lowest BCUT2D eigenvalue weighted by Gasteiger charge is -1.99. The average molecular weight is 188 g/mol. The number of benzene rings is 1. The van der Waals surface area contributed by atoms with Gasteiger partial charge in [-0.05, 0) is 18.2 Å². The quantitative estimate of drug-likeness (QED) is 0.535. The van der Waals surface area contributed by atoms with E-state index >= 15 is 0 Å². The van der Waals surface area contributed by atoms with Gasteiger partial charge in [-0.1, -0.05) is 0 Å². The third-order valence-corrected chi connectivity index (χ3v) is 2.10. The second-order valence-corrected chi connectivity index (χ2v) is 2.96. The van der Waals surface area contributed by atoms with Gasteiger partial charge in [0, 0.05) is 11.6 Å². The predicted octanol–water partition coefficient (Wildman–Crippen LogP) is 1.42. The zero-order chi connectivity index (χ0) is 9.54. The van der Waals surface area contributed by atoms with Gasteiger partial charge < -0.3 is 0 Å². The predicted molar refractivity (Wildman–Crippen MR) is 48.2 cm³/mol. The van der Waals surface area contributed by atoms with Crippen LogP contribution in [0.5, 0.6) is 0 Å². The summed E-state index contributed by atoms with van der Waals surface area (Å²) in [7, 11) is 0. The fraction of sp³-hybridized carbons (Fsp3) is 0. The van der Waals surface area contributed by atoms with Crippen LogP contribution in [-0.2, 0) is 0 Å². The van der Waals surface area contributed by atoms with Gasteiger partial charge in [0.05, 0.1) is 5.52 Å². The molecular formula is C9H5FN4. The molecule has 2 heterocycles. The summed E-state index contributed by atoms with van der Waals surface area (Å²) in [6.07, 6.45) is 3.14. The first-order valence-corrected chi connectivity index (χ1v) is 4.08. The maximum absolute atomic E-state index is 12.9. The Morgan fingerprint density at radius 3 is 3.14 bits per heavy atom. The molecule has 0 radical (unpaired) electrons. The van der Waals surface area contributed by atoms with Crippen LogP contribution in [0.15, 0.2) is 30.7 Å². The minimum absolute atomic E-state index is 0.272. The van der Waals surface area contributed by atoms with Crippen LogP contribution in [0.4, 0.5) is 4.39 Å². The Bertz CT molecular complexity index is 616. The highest BCUT2D eigenvalue weighted by atomic mass is 19.1. The van der Waals surface area contributed by atoms with Crippen molar-refractivity contribution < 1.29 is 4.39 Å². The molecule has 3 aromatic rings. The van der Waals surface area contributed by atoms with Crippen molar-refractivity contribution >= 4 is 16.7 Å². The van der Waals surface area contributed by atoms with Gasteiger partial charge in [-0.15, -0.1) is 10.2 Å². The molecule has 68 valence electrons. The molecule has 0 atom stereocenters. The number of aromatic nitrogens is 4. The second-order valence-electron chi connectivity index (χ2n) is 2.96. The number of hydrogen-bond donors (Lipinski definition) is 0. The molecule has 0 fully saturated rings. The van der Waals surface area contributed by atoms with Gasteiger partial charge in [-0.25, -0.2) is 9.37 Å². The summed E-state index contributed by atoms with van der Waals surface area (Å²) in [5.74, 6) is 0.246. The van der Waals surface area contributed by atoms with Gasteiger partial charge in [0.2, 0.25) is 0 Å². The number of nitrogens with zero attached hydrogens (tertiary/aromatic N) is 4. The van der Waals surface area contributed by atoms with Gasteiger partial charge in [0.15, 0.2) is 0 Å². The zero-order valence-corrected chi connectivity index (χ0v) is 7.05. The molecule has 0 aliphatic rings. The molecule has 3 rings (SSSR count). The molecule has 2 aromatic heterocycles. The van der Waals surface area contributed by atoms with E-state index in [2.05, 4.69) is 15.2 Å². The Labute approximate surface area is 78.0 Å². The Morgan fingerprint density at radius 1 is 1.29 bits per heavy atom. The molecule has 1 aromatic carbocycles. The summed E-state index contributed by atoms with van der Waals surface area (Å²) >= 11 is 0. The van der Waals surface area contributed by atoms with E-state index < -0.39 is 0 Å². The topological polar surface area (TPSA) is 43.1 Å². The van der Waals surface area contributed by atoms with E-state index in [4.69, 9.17) is 0 Å². The first-order valence-electron chi connectivity index (χ1n) is 4.08. The Kier molecular flexibility index (Phi) is 1.30. The Balaban J connectivity index is 2.57. The first kappa shape index (κ1) is 7.37. The number of rotatable bonds is 0. The van der Waals surface area contributed by atoms with E-state index in [1.807, 2.05) is 0 Å². The molecule has 14 heavy (non-hydrogen) atoms. The summed E-state index contributed by atoms with van der Waals surface area (Å²) < 4.78 is 14.6. The summed E-state index contributed by atoms with van der Waals surface area (Å²) in [5, 5.41) is 8.26. The Hall–Kier alpha value is -2.04. The van der Waals surface area contributed by atoms with E-state index in [9.17, 15) is 4.39 Å². The monoisotopic (exact) mass is 188 g/mol. The SMILES string of the molecule is Fc1ccc2c(cnc3nncn32)c1. The van der Waals surface area contributed by atoms with Crippen molar-refractivity contribution in [3.8, 4) is 0 Å². The van der Waals surface area contributed by atoms with E-state index in [1.165, 1.54) is 12.1 Å². The zero-order valence-electron chi connectivity index (χ0n) is 7.05. The van der Waals surface area contributed by atoms with Crippen LogP contribution >= 0.6 is 0 Å². The minimum Gasteiger partial charge on any atom is -0.265 e. The second kappa shape index (κ2) is 2.47. The third-order valence-electron chi connectivity index (χ3n) is 2.10. The standard InChI is InChI=1S/C9H5FN4/c10-7-1-2-8-6(3-7)4-11-9-13-12-5-14(8)9/h1-5H. The summed E-state index contributed by atoms with van der Waals surface area (Å²) in [6.45, 7) is 0. The van der Waals surface area contributed by atoms with Crippen LogP contribution in [0.2, 0.25) is 0 Å². The van der Waals surface area contributed by atoms with Crippen LogP contribution in [0, 0.1) is 5.82 Å². The molecule has 0 aliphatic heterocycles. The van der Waals surface area contributed by atoms with E-state index in [1.54, 1.807) is 23.0 Å². The lowest BCUT2D eigenvalue weighted by Crippen LogP contribution is -1.90. The lowest BCUT2D eigenvalue weighted by atomic mass is 10.2. The van der Waals surface area contributed by atoms with Crippen molar-refractivity contribution in [3.63, 3.8) is 0 Å². The van der Waals surface area contributed by atoms with E-state index in [0.29, 0.717) is 5.78 Å². The third kappa shape index (κ3) is 0.891. The number of fused-ring (bicyclic) bond motifs is 3. The summed E-state index contributed by atoms with van der Waals surface area (Å²) in [6, 6.07) is 4.52. The minimum atomic E-state index is -0.272. The van der Waals surface area contributed by atoms with Crippen molar-refractivity contribution in [3.05, 3.63) is 36.5 Å². The number of hydrogen-bond acceptors (Lipinski definition) is 3. The normalized spacial score (nSPS) is 11.2. The van der Waals surface area contributed by atoms with Crippen molar-refractivity contribution in [1.82, 2.24) is 19.6 Å². The molecule has 0 bridgehead atoms. The molecule has 0 saturated heterocycles. The van der Waals surface area contributed by atoms with E-state index in [-0.39, 0.29) is 5.82 Å². The highest BCUT2D eigenvalue weighted by Crippen LogP contribution is 2.14. The van der Waals surface area contributed by atoms with Crippen molar-refractivity contribution in [2.45, 2.75) is 0 Å². The van der Waals surface area contributed by atoms with Crippen LogP contribution in [0.3, 0.4) is 0 Å². The van der Waals surface area contributed by atoms with Crippen LogP contribution in [-0.4, -0.2) is 19.6 Å². The van der Waals surface area contributed by atoms with Gasteiger partial charge >= 0.3 is 0 Å². The maximum atomic E-state index is 12.9. The van der Waals surface area contributed by atoms with Gasteiger partial charge in [-0.2, -0.15) is 0 Å².